The number of aromatic nitrogens is 2. The van der Waals surface area contributed by atoms with E-state index in [9.17, 15) is 4.79 Å². The Hall–Kier alpha value is -2.66. The molecule has 5 nitrogen and oxygen atoms in total. The van der Waals surface area contributed by atoms with Crippen LogP contribution < -0.4 is 5.32 Å². The summed E-state index contributed by atoms with van der Waals surface area (Å²) in [6.07, 6.45) is 0. The van der Waals surface area contributed by atoms with Crippen molar-refractivity contribution in [2.24, 2.45) is 0 Å². The highest BCUT2D eigenvalue weighted by molar-refractivity contribution is 6.30. The van der Waals surface area contributed by atoms with E-state index in [1.807, 2.05) is 31.2 Å². The van der Waals surface area contributed by atoms with Gasteiger partial charge in [-0.15, -0.1) is 0 Å². The zero-order valence-corrected chi connectivity index (χ0v) is 14.0. The van der Waals surface area contributed by atoms with Crippen molar-refractivity contribution >= 4 is 17.5 Å². The first-order valence-corrected chi connectivity index (χ1v) is 7.88. The second kappa shape index (κ2) is 6.84. The second-order valence-electron chi connectivity index (χ2n) is 5.52. The summed E-state index contributed by atoms with van der Waals surface area (Å²) in [4.78, 5) is 16.6. The molecule has 0 aliphatic rings. The summed E-state index contributed by atoms with van der Waals surface area (Å²) in [6.45, 7) is 3.77. The van der Waals surface area contributed by atoms with Gasteiger partial charge in [-0.2, -0.15) is 4.98 Å². The zero-order valence-electron chi connectivity index (χ0n) is 13.3. The number of rotatable bonds is 4. The van der Waals surface area contributed by atoms with Crippen molar-refractivity contribution in [3.63, 3.8) is 0 Å². The van der Waals surface area contributed by atoms with Gasteiger partial charge in [0.05, 0.1) is 0 Å². The van der Waals surface area contributed by atoms with E-state index in [0.717, 1.165) is 11.1 Å². The van der Waals surface area contributed by atoms with Gasteiger partial charge in [-0.05, 0) is 50.2 Å². The van der Waals surface area contributed by atoms with Crippen LogP contribution in [0.3, 0.4) is 0 Å². The average Bonchev–Trinajstić information content (AvgIpc) is 3.06. The van der Waals surface area contributed by atoms with Crippen molar-refractivity contribution in [3.05, 3.63) is 70.6 Å². The second-order valence-corrected chi connectivity index (χ2v) is 5.96. The van der Waals surface area contributed by atoms with Gasteiger partial charge < -0.3 is 9.84 Å². The molecule has 0 radical (unpaired) electrons. The number of amides is 1. The molecule has 1 amide bonds. The zero-order chi connectivity index (χ0) is 17.1. The Bertz CT molecular complexity index is 841. The third kappa shape index (κ3) is 3.63. The van der Waals surface area contributed by atoms with Crippen LogP contribution in [-0.4, -0.2) is 16.0 Å². The van der Waals surface area contributed by atoms with Gasteiger partial charge in [0.15, 0.2) is 0 Å². The van der Waals surface area contributed by atoms with E-state index < -0.39 is 6.04 Å². The van der Waals surface area contributed by atoms with Gasteiger partial charge in [0.2, 0.25) is 11.7 Å². The summed E-state index contributed by atoms with van der Waals surface area (Å²) in [5.41, 5.74) is 2.49. The third-order valence-electron chi connectivity index (χ3n) is 3.58. The first-order chi connectivity index (χ1) is 11.5. The summed E-state index contributed by atoms with van der Waals surface area (Å²) in [5.74, 6) is 0.618. The number of carbonyl (C=O) groups is 1. The van der Waals surface area contributed by atoms with Crippen molar-refractivity contribution in [3.8, 4) is 11.4 Å². The predicted octanol–water partition coefficient (Wildman–Crippen LogP) is 4.19. The highest BCUT2D eigenvalue weighted by Gasteiger charge is 2.18. The molecule has 6 heteroatoms. The molecule has 0 aliphatic heterocycles. The lowest BCUT2D eigenvalue weighted by Crippen LogP contribution is -2.26. The maximum Gasteiger partial charge on any atom is 0.251 e. The van der Waals surface area contributed by atoms with Crippen LogP contribution in [0.5, 0.6) is 0 Å². The van der Waals surface area contributed by atoms with Crippen molar-refractivity contribution < 1.29 is 9.32 Å². The van der Waals surface area contributed by atoms with Gasteiger partial charge in [0.1, 0.15) is 6.04 Å². The van der Waals surface area contributed by atoms with Crippen molar-refractivity contribution in [1.29, 1.82) is 0 Å². The molecule has 1 N–H and O–H groups in total. The number of carbonyl (C=O) groups excluding carboxylic acids is 1. The number of nitrogens with one attached hydrogen (secondary N) is 1. The van der Waals surface area contributed by atoms with Gasteiger partial charge >= 0.3 is 0 Å². The van der Waals surface area contributed by atoms with Gasteiger partial charge in [0.25, 0.3) is 5.91 Å². The lowest BCUT2D eigenvalue weighted by atomic mass is 10.1. The molecule has 3 aromatic rings. The molecule has 122 valence electrons. The summed E-state index contributed by atoms with van der Waals surface area (Å²) < 4.78 is 5.26. The normalized spacial score (nSPS) is 12.0. The molecule has 0 spiro atoms. The molecule has 24 heavy (non-hydrogen) atoms. The Kier molecular flexibility index (Phi) is 4.62. The van der Waals surface area contributed by atoms with Gasteiger partial charge in [-0.3, -0.25) is 4.79 Å². The molecule has 0 aliphatic carbocycles. The summed E-state index contributed by atoms with van der Waals surface area (Å²) in [7, 11) is 0. The standard InChI is InChI=1S/C18H16ClN3O2/c1-11-3-5-14(6-4-11)17(23)20-12(2)18-21-16(22-24-18)13-7-9-15(19)10-8-13/h3-10,12H,1-2H3,(H,20,23)/t12-/m0/s1. The van der Waals surface area contributed by atoms with Crippen LogP contribution in [0.15, 0.2) is 53.1 Å². The monoisotopic (exact) mass is 341 g/mol. The van der Waals surface area contributed by atoms with E-state index in [2.05, 4.69) is 15.5 Å². The number of hydrogen-bond donors (Lipinski definition) is 1. The molecule has 0 saturated carbocycles. The maximum absolute atomic E-state index is 12.2. The molecule has 3 rings (SSSR count). The summed E-state index contributed by atoms with van der Waals surface area (Å²) in [5, 5.41) is 7.44. The van der Waals surface area contributed by atoms with E-state index >= 15 is 0 Å². The van der Waals surface area contributed by atoms with Crippen LogP contribution in [0, 0.1) is 6.92 Å². The average molecular weight is 342 g/mol. The van der Waals surface area contributed by atoms with E-state index in [4.69, 9.17) is 16.1 Å². The highest BCUT2D eigenvalue weighted by Crippen LogP contribution is 2.20. The molecule has 1 atom stereocenters. The van der Waals surface area contributed by atoms with Crippen LogP contribution in [0.25, 0.3) is 11.4 Å². The van der Waals surface area contributed by atoms with Gasteiger partial charge in [0, 0.05) is 16.1 Å². The topological polar surface area (TPSA) is 68.0 Å². The number of halogens is 1. The first kappa shape index (κ1) is 16.2. The predicted molar refractivity (Wildman–Crippen MR) is 91.8 cm³/mol. The molecule has 0 bridgehead atoms. The Morgan fingerprint density at radius 3 is 2.46 bits per heavy atom. The Morgan fingerprint density at radius 1 is 1.12 bits per heavy atom. The molecule has 0 unspecified atom stereocenters. The fourth-order valence-corrected chi connectivity index (χ4v) is 2.30. The molecular formula is C18H16ClN3O2. The van der Waals surface area contributed by atoms with Crippen LogP contribution in [-0.2, 0) is 0 Å². The highest BCUT2D eigenvalue weighted by atomic mass is 35.5. The van der Waals surface area contributed by atoms with Gasteiger partial charge in [-0.25, -0.2) is 0 Å². The fraction of sp³-hybridized carbons (Fsp3) is 0.167. The van der Waals surface area contributed by atoms with E-state index in [-0.39, 0.29) is 5.91 Å². The Balaban J connectivity index is 1.71. The van der Waals surface area contributed by atoms with Crippen LogP contribution in [0.1, 0.15) is 34.8 Å². The van der Waals surface area contributed by atoms with Gasteiger partial charge in [-0.1, -0.05) is 34.5 Å². The number of nitrogens with zero attached hydrogens (tertiary/aromatic N) is 2. The number of aryl methyl sites for hydroxylation is 1. The van der Waals surface area contributed by atoms with Crippen LogP contribution in [0.4, 0.5) is 0 Å². The lowest BCUT2D eigenvalue weighted by Gasteiger charge is -2.09. The third-order valence-corrected chi connectivity index (χ3v) is 3.83. The minimum absolute atomic E-state index is 0.186. The van der Waals surface area contributed by atoms with E-state index in [1.54, 1.807) is 31.2 Å². The maximum atomic E-state index is 12.2. The van der Waals surface area contributed by atoms with Crippen molar-refractivity contribution in [2.45, 2.75) is 19.9 Å². The molecular weight excluding hydrogens is 326 g/mol. The largest absolute Gasteiger partial charge is 0.341 e. The summed E-state index contributed by atoms with van der Waals surface area (Å²) >= 11 is 5.87. The minimum Gasteiger partial charge on any atom is -0.341 e. The fourth-order valence-electron chi connectivity index (χ4n) is 2.17. The smallest absolute Gasteiger partial charge is 0.251 e. The minimum atomic E-state index is -0.396. The molecule has 0 fully saturated rings. The van der Waals surface area contributed by atoms with Crippen LogP contribution in [0.2, 0.25) is 5.02 Å². The van der Waals surface area contributed by atoms with Crippen molar-refractivity contribution in [1.82, 2.24) is 15.5 Å². The molecule has 2 aromatic carbocycles. The number of hydrogen-bond acceptors (Lipinski definition) is 4. The Morgan fingerprint density at radius 2 is 1.79 bits per heavy atom. The molecule has 1 heterocycles. The quantitative estimate of drug-likeness (QED) is 0.772. The van der Waals surface area contributed by atoms with Crippen molar-refractivity contribution in [2.75, 3.05) is 0 Å². The number of benzene rings is 2. The summed E-state index contributed by atoms with van der Waals surface area (Å²) in [6, 6.07) is 14.1. The first-order valence-electron chi connectivity index (χ1n) is 7.50. The molecule has 1 aromatic heterocycles. The van der Waals surface area contributed by atoms with Crippen LogP contribution >= 0.6 is 11.6 Å². The SMILES string of the molecule is Cc1ccc(C(=O)N[C@@H](C)c2nc(-c3ccc(Cl)cc3)no2)cc1. The Labute approximate surface area is 144 Å². The van der Waals surface area contributed by atoms with E-state index in [1.165, 1.54) is 0 Å². The van der Waals surface area contributed by atoms with E-state index in [0.29, 0.717) is 22.3 Å². The lowest BCUT2D eigenvalue weighted by molar-refractivity contribution is 0.0932. The molecule has 0 saturated heterocycles.